The summed E-state index contributed by atoms with van der Waals surface area (Å²) in [6.45, 7) is 4.23. The maximum Gasteiger partial charge on any atom is 0.408 e. The fourth-order valence-corrected chi connectivity index (χ4v) is 5.02. The van der Waals surface area contributed by atoms with Gasteiger partial charge in [0.1, 0.15) is 23.5 Å². The first-order chi connectivity index (χ1) is 18.2. The third kappa shape index (κ3) is 6.67. The molecule has 1 fully saturated rings. The summed E-state index contributed by atoms with van der Waals surface area (Å²) in [4.78, 5) is 50.2. The van der Waals surface area contributed by atoms with Gasteiger partial charge in [-0.3, -0.25) is 4.98 Å². The number of pyridine rings is 1. The number of carbonyl (C=O) groups excluding carboxylic acids is 1. The van der Waals surface area contributed by atoms with Crippen LogP contribution in [0.15, 0.2) is 12.1 Å². The number of nitrogens with zero attached hydrogens (tertiary/aromatic N) is 4. The zero-order valence-corrected chi connectivity index (χ0v) is 21.7. The summed E-state index contributed by atoms with van der Waals surface area (Å²) in [5.41, 5.74) is 4.61. The number of carbonyl (C=O) groups is 3. The third-order valence-corrected chi connectivity index (χ3v) is 7.03. The van der Waals surface area contributed by atoms with Crippen molar-refractivity contribution >= 4 is 29.7 Å². The van der Waals surface area contributed by atoms with E-state index in [2.05, 4.69) is 42.4 Å². The number of nitrogens with one attached hydrogen (secondary N) is 2. The summed E-state index contributed by atoms with van der Waals surface area (Å²) in [7, 11) is 0. The number of ether oxygens (including phenoxy) is 1. The molecule has 0 saturated carbocycles. The summed E-state index contributed by atoms with van der Waals surface area (Å²) < 4.78 is 4.47. The lowest BCUT2D eigenvalue weighted by Gasteiger charge is -2.34. The predicted octanol–water partition coefficient (Wildman–Crippen LogP) is 2.43. The molecule has 1 amide bonds. The van der Waals surface area contributed by atoms with E-state index >= 15 is 0 Å². The fourth-order valence-electron chi connectivity index (χ4n) is 5.02. The Bertz CT molecular complexity index is 1200. The second kappa shape index (κ2) is 12.1. The van der Waals surface area contributed by atoms with E-state index in [9.17, 15) is 19.5 Å². The molecule has 0 spiro atoms. The van der Waals surface area contributed by atoms with E-state index < -0.39 is 30.7 Å². The average molecular weight is 527 g/mol. The number of rotatable bonds is 9. The summed E-state index contributed by atoms with van der Waals surface area (Å²) in [5, 5.41) is 23.2. The van der Waals surface area contributed by atoms with Crippen molar-refractivity contribution in [1.82, 2.24) is 20.3 Å². The van der Waals surface area contributed by atoms with Gasteiger partial charge in [0, 0.05) is 42.5 Å². The van der Waals surface area contributed by atoms with Gasteiger partial charge < -0.3 is 30.5 Å². The zero-order valence-electron chi connectivity index (χ0n) is 21.7. The first kappa shape index (κ1) is 27.1. The summed E-state index contributed by atoms with van der Waals surface area (Å²) in [6.07, 6.45) is 5.44. The smallest absolute Gasteiger partial charge is 0.408 e. The minimum Gasteiger partial charge on any atom is -0.480 e. The van der Waals surface area contributed by atoms with Gasteiger partial charge in [-0.15, -0.1) is 0 Å². The van der Waals surface area contributed by atoms with Crippen LogP contribution in [-0.2, 0) is 27.2 Å². The van der Waals surface area contributed by atoms with E-state index in [1.54, 1.807) is 6.92 Å². The van der Waals surface area contributed by atoms with Gasteiger partial charge in [-0.2, -0.15) is 0 Å². The van der Waals surface area contributed by atoms with Crippen molar-refractivity contribution < 1.29 is 29.3 Å². The number of piperidine rings is 1. The van der Waals surface area contributed by atoms with Crippen molar-refractivity contribution in [1.29, 1.82) is 0 Å². The first-order valence-corrected chi connectivity index (χ1v) is 12.9. The van der Waals surface area contributed by atoms with Gasteiger partial charge in [-0.05, 0) is 64.0 Å². The Kier molecular flexibility index (Phi) is 8.59. The number of anilines is 2. The molecule has 12 nitrogen and oxygen atoms in total. The number of amides is 1. The molecular formula is C26H34N6O6. The highest BCUT2D eigenvalue weighted by Gasteiger charge is 2.26. The summed E-state index contributed by atoms with van der Waals surface area (Å²) in [5.74, 6) is -0.440. The SMILES string of the molecule is Cc1nc(NC[C@H](NC(=O)OCC(=O)O)C(=O)O)c(C)c(N2CCC(c3ccc4c(n3)CCCC4)CC2)n1. The Morgan fingerprint density at radius 1 is 1.08 bits per heavy atom. The van der Waals surface area contributed by atoms with Crippen LogP contribution in [0, 0.1) is 13.8 Å². The molecule has 0 radical (unpaired) electrons. The number of alkyl carbamates (subject to hydrolysis) is 1. The zero-order chi connectivity index (χ0) is 27.2. The molecule has 204 valence electrons. The second-order valence-electron chi connectivity index (χ2n) is 9.76. The van der Waals surface area contributed by atoms with E-state index in [4.69, 9.17) is 10.1 Å². The molecule has 0 unspecified atom stereocenters. The monoisotopic (exact) mass is 526 g/mol. The van der Waals surface area contributed by atoms with Crippen LogP contribution in [0.1, 0.15) is 59.9 Å². The van der Waals surface area contributed by atoms with Gasteiger partial charge in [0.15, 0.2) is 6.61 Å². The molecule has 4 N–H and O–H groups in total. The highest BCUT2D eigenvalue weighted by Crippen LogP contribution is 2.33. The fraction of sp³-hybridized carbons (Fsp3) is 0.538. The Morgan fingerprint density at radius 3 is 2.53 bits per heavy atom. The lowest BCUT2D eigenvalue weighted by atomic mass is 9.90. The molecule has 2 aromatic heterocycles. The van der Waals surface area contributed by atoms with E-state index in [0.29, 0.717) is 17.6 Å². The normalized spacial score (nSPS) is 16.3. The molecule has 0 aromatic carbocycles. The standard InChI is InChI=1S/C26H34N6O6/c1-15-23(27-13-21(25(35)36)31-26(37)38-14-22(33)34)28-16(2)29-24(15)32-11-9-18(10-12-32)20-8-7-17-5-3-4-6-19(17)30-20/h7-8,18,21H,3-6,9-14H2,1-2H3,(H,31,37)(H,33,34)(H,35,36)(H,27,28,29)/t21-/m0/s1. The molecule has 1 atom stereocenters. The third-order valence-electron chi connectivity index (χ3n) is 7.03. The van der Waals surface area contributed by atoms with Crippen LogP contribution in [0.3, 0.4) is 0 Å². The van der Waals surface area contributed by atoms with Gasteiger partial charge >= 0.3 is 18.0 Å². The van der Waals surface area contributed by atoms with Crippen LogP contribution in [0.5, 0.6) is 0 Å². The van der Waals surface area contributed by atoms with Crippen molar-refractivity contribution in [3.63, 3.8) is 0 Å². The minimum absolute atomic E-state index is 0.180. The number of fused-ring (bicyclic) bond motifs is 1. The first-order valence-electron chi connectivity index (χ1n) is 12.9. The Labute approximate surface area is 220 Å². The molecule has 38 heavy (non-hydrogen) atoms. The average Bonchev–Trinajstić information content (AvgIpc) is 2.91. The lowest BCUT2D eigenvalue weighted by molar-refractivity contribution is -0.140. The van der Waals surface area contributed by atoms with Crippen molar-refractivity contribution in [2.45, 2.75) is 64.3 Å². The van der Waals surface area contributed by atoms with E-state index in [1.165, 1.54) is 29.8 Å². The molecule has 1 aliphatic heterocycles. The topological polar surface area (TPSA) is 167 Å². The van der Waals surface area contributed by atoms with E-state index in [-0.39, 0.29) is 6.54 Å². The number of aliphatic carboxylic acids is 2. The van der Waals surface area contributed by atoms with Gasteiger partial charge in [-0.25, -0.2) is 24.4 Å². The summed E-state index contributed by atoms with van der Waals surface area (Å²) in [6, 6.07) is 3.09. The van der Waals surface area contributed by atoms with Crippen molar-refractivity contribution in [3.8, 4) is 0 Å². The molecule has 3 heterocycles. The van der Waals surface area contributed by atoms with Gasteiger partial charge in [-0.1, -0.05) is 6.07 Å². The maximum absolute atomic E-state index is 11.7. The van der Waals surface area contributed by atoms with Gasteiger partial charge in [0.25, 0.3) is 0 Å². The number of hydrogen-bond donors (Lipinski definition) is 4. The van der Waals surface area contributed by atoms with Gasteiger partial charge in [0.05, 0.1) is 0 Å². The molecule has 1 aliphatic carbocycles. The van der Waals surface area contributed by atoms with Crippen LogP contribution in [0.4, 0.5) is 16.4 Å². The number of aromatic nitrogens is 3. The number of carboxylic acids is 2. The van der Waals surface area contributed by atoms with Crippen LogP contribution in [0.25, 0.3) is 0 Å². The minimum atomic E-state index is -1.35. The van der Waals surface area contributed by atoms with Crippen molar-refractivity contribution in [3.05, 3.63) is 40.5 Å². The molecule has 4 rings (SSSR count). The van der Waals surface area contributed by atoms with Crippen LogP contribution < -0.4 is 15.5 Å². The molecule has 1 saturated heterocycles. The molecular weight excluding hydrogens is 492 g/mol. The van der Waals surface area contributed by atoms with Crippen LogP contribution in [-0.4, -0.2) is 75.5 Å². The van der Waals surface area contributed by atoms with Crippen LogP contribution in [0.2, 0.25) is 0 Å². The quantitative estimate of drug-likeness (QED) is 0.379. The van der Waals surface area contributed by atoms with E-state index in [0.717, 1.165) is 50.2 Å². The highest BCUT2D eigenvalue weighted by atomic mass is 16.6. The maximum atomic E-state index is 11.7. The molecule has 0 bridgehead atoms. The highest BCUT2D eigenvalue weighted by molar-refractivity contribution is 5.81. The number of carboxylic acid groups (broad SMARTS) is 2. The largest absolute Gasteiger partial charge is 0.480 e. The van der Waals surface area contributed by atoms with Crippen molar-refractivity contribution in [2.24, 2.45) is 0 Å². The van der Waals surface area contributed by atoms with E-state index in [1.807, 2.05) is 6.92 Å². The lowest BCUT2D eigenvalue weighted by Crippen LogP contribution is -2.46. The van der Waals surface area contributed by atoms with Crippen molar-refractivity contribution in [2.75, 3.05) is 36.5 Å². The molecule has 12 heteroatoms. The molecule has 2 aliphatic rings. The molecule has 2 aromatic rings. The number of hydrogen-bond acceptors (Lipinski definition) is 9. The Morgan fingerprint density at radius 2 is 1.82 bits per heavy atom. The summed E-state index contributed by atoms with van der Waals surface area (Å²) >= 11 is 0. The predicted molar refractivity (Wildman–Crippen MR) is 139 cm³/mol. The van der Waals surface area contributed by atoms with Crippen LogP contribution >= 0.6 is 0 Å². The number of aryl methyl sites for hydroxylation is 3. The Hall–Kier alpha value is -3.96. The second-order valence-corrected chi connectivity index (χ2v) is 9.76. The van der Waals surface area contributed by atoms with Gasteiger partial charge in [0.2, 0.25) is 0 Å². The Balaban J connectivity index is 1.39.